The third kappa shape index (κ3) is 3.93. The number of aliphatic hydroxyl groups is 1. The van der Waals surface area contributed by atoms with Crippen LogP contribution in [0.15, 0.2) is 24.3 Å². The van der Waals surface area contributed by atoms with Gasteiger partial charge in [-0.15, -0.1) is 0 Å². The summed E-state index contributed by atoms with van der Waals surface area (Å²) in [4.78, 5) is 0. The molecule has 0 saturated heterocycles. The molecule has 0 amide bonds. The molecule has 1 atom stereocenters. The van der Waals surface area contributed by atoms with Gasteiger partial charge in [0, 0.05) is 23.8 Å². The Morgan fingerprint density at radius 2 is 1.93 bits per heavy atom. The average Bonchev–Trinajstić information content (AvgIpc) is 2.17. The lowest BCUT2D eigenvalue weighted by Gasteiger charge is -2.11. The van der Waals surface area contributed by atoms with Crippen LogP contribution in [-0.4, -0.2) is 24.3 Å². The first-order chi connectivity index (χ1) is 6.72. The van der Waals surface area contributed by atoms with Gasteiger partial charge in [0.05, 0.1) is 6.10 Å². The minimum atomic E-state index is -0.504. The molecule has 0 saturated carbocycles. The second kappa shape index (κ2) is 5.82. The molecule has 1 aromatic rings. The van der Waals surface area contributed by atoms with E-state index >= 15 is 0 Å². The van der Waals surface area contributed by atoms with Crippen molar-refractivity contribution in [2.75, 3.05) is 18.4 Å². The molecule has 5 N–H and O–H groups in total. The number of aliphatic hydroxyl groups excluding tert-OH is 1. The van der Waals surface area contributed by atoms with Crippen molar-refractivity contribution in [1.82, 2.24) is 5.43 Å². The van der Waals surface area contributed by atoms with Crippen molar-refractivity contribution in [3.05, 3.63) is 29.3 Å². The van der Waals surface area contributed by atoms with E-state index in [-0.39, 0.29) is 0 Å². The van der Waals surface area contributed by atoms with Crippen LogP contribution in [0.2, 0.25) is 5.02 Å². The highest BCUT2D eigenvalue weighted by molar-refractivity contribution is 6.30. The summed E-state index contributed by atoms with van der Waals surface area (Å²) < 4.78 is 0. The van der Waals surface area contributed by atoms with E-state index in [0.717, 1.165) is 5.69 Å². The summed E-state index contributed by atoms with van der Waals surface area (Å²) in [5.74, 6) is 5.06. The van der Waals surface area contributed by atoms with Gasteiger partial charge in [-0.3, -0.25) is 11.3 Å². The Bertz CT molecular complexity index is 265. The highest BCUT2D eigenvalue weighted by Crippen LogP contribution is 2.12. The van der Waals surface area contributed by atoms with Gasteiger partial charge >= 0.3 is 0 Å². The number of rotatable bonds is 5. The molecule has 4 nitrogen and oxygen atoms in total. The first-order valence-electron chi connectivity index (χ1n) is 4.33. The lowest BCUT2D eigenvalue weighted by molar-refractivity contribution is 0.185. The molecule has 0 heterocycles. The van der Waals surface area contributed by atoms with E-state index in [4.69, 9.17) is 17.4 Å². The predicted octanol–water partition coefficient (Wildman–Crippen LogP) is 0.576. The van der Waals surface area contributed by atoms with Crippen LogP contribution in [0.25, 0.3) is 0 Å². The standard InChI is InChI=1S/C9H14ClN3O/c10-7-1-3-8(4-2-7)12-5-9(14)6-13-11/h1-4,9,12-14H,5-6,11H2/t9-/m1/s1. The predicted molar refractivity (Wildman–Crippen MR) is 58.1 cm³/mol. The molecule has 0 aliphatic rings. The van der Waals surface area contributed by atoms with Crippen molar-refractivity contribution in [2.24, 2.45) is 5.84 Å². The molecule has 0 aliphatic carbocycles. The van der Waals surface area contributed by atoms with Crippen LogP contribution in [-0.2, 0) is 0 Å². The number of halogens is 1. The second-order valence-corrected chi connectivity index (χ2v) is 3.39. The van der Waals surface area contributed by atoms with E-state index in [2.05, 4.69) is 10.7 Å². The fourth-order valence-corrected chi connectivity index (χ4v) is 1.14. The molecule has 0 aliphatic heterocycles. The normalized spacial score (nSPS) is 12.5. The number of hydrazine groups is 1. The quantitative estimate of drug-likeness (QED) is 0.428. The molecule has 0 radical (unpaired) electrons. The van der Waals surface area contributed by atoms with Crippen molar-refractivity contribution >= 4 is 17.3 Å². The maximum Gasteiger partial charge on any atom is 0.0850 e. The number of nitrogens with two attached hydrogens (primary N) is 1. The van der Waals surface area contributed by atoms with Crippen LogP contribution in [0.4, 0.5) is 5.69 Å². The van der Waals surface area contributed by atoms with Crippen molar-refractivity contribution in [3.8, 4) is 0 Å². The van der Waals surface area contributed by atoms with Crippen LogP contribution >= 0.6 is 11.6 Å². The average molecular weight is 216 g/mol. The fourth-order valence-electron chi connectivity index (χ4n) is 1.01. The zero-order valence-corrected chi connectivity index (χ0v) is 8.46. The van der Waals surface area contributed by atoms with Gasteiger partial charge in [0.1, 0.15) is 0 Å². The van der Waals surface area contributed by atoms with Gasteiger partial charge in [0.25, 0.3) is 0 Å². The zero-order valence-electron chi connectivity index (χ0n) is 7.70. The Morgan fingerprint density at radius 1 is 1.29 bits per heavy atom. The lowest BCUT2D eigenvalue weighted by Crippen LogP contribution is -2.35. The van der Waals surface area contributed by atoms with Gasteiger partial charge < -0.3 is 10.4 Å². The molecule has 78 valence electrons. The molecular formula is C9H14ClN3O. The summed E-state index contributed by atoms with van der Waals surface area (Å²) in [5.41, 5.74) is 3.32. The van der Waals surface area contributed by atoms with Crippen LogP contribution in [0, 0.1) is 0 Å². The third-order valence-electron chi connectivity index (χ3n) is 1.74. The molecule has 0 fully saturated rings. The van der Waals surface area contributed by atoms with Crippen LogP contribution in [0.1, 0.15) is 0 Å². The number of hydrogen-bond acceptors (Lipinski definition) is 4. The number of benzene rings is 1. The molecule has 0 aromatic heterocycles. The summed E-state index contributed by atoms with van der Waals surface area (Å²) in [6, 6.07) is 7.28. The first-order valence-corrected chi connectivity index (χ1v) is 4.71. The lowest BCUT2D eigenvalue weighted by atomic mass is 10.3. The molecule has 5 heteroatoms. The Hall–Kier alpha value is -0.810. The van der Waals surface area contributed by atoms with Gasteiger partial charge in [-0.05, 0) is 24.3 Å². The largest absolute Gasteiger partial charge is 0.390 e. The minimum absolute atomic E-state index is 0.362. The maximum absolute atomic E-state index is 9.33. The third-order valence-corrected chi connectivity index (χ3v) is 1.99. The molecule has 0 spiro atoms. The van der Waals surface area contributed by atoms with Crippen molar-refractivity contribution in [1.29, 1.82) is 0 Å². The van der Waals surface area contributed by atoms with Crippen LogP contribution in [0.5, 0.6) is 0 Å². The SMILES string of the molecule is NNC[C@H](O)CNc1ccc(Cl)cc1. The number of hydrogen-bond donors (Lipinski definition) is 4. The van der Waals surface area contributed by atoms with Gasteiger partial charge in [-0.1, -0.05) is 11.6 Å². The van der Waals surface area contributed by atoms with Gasteiger partial charge in [0.15, 0.2) is 0 Å². The van der Waals surface area contributed by atoms with E-state index in [1.807, 2.05) is 12.1 Å². The van der Waals surface area contributed by atoms with Crippen molar-refractivity contribution in [3.63, 3.8) is 0 Å². The zero-order chi connectivity index (χ0) is 10.4. The van der Waals surface area contributed by atoms with Gasteiger partial charge in [-0.25, -0.2) is 0 Å². The van der Waals surface area contributed by atoms with E-state index < -0.39 is 6.10 Å². The number of nitrogens with one attached hydrogen (secondary N) is 2. The van der Waals surface area contributed by atoms with Crippen LogP contribution in [0.3, 0.4) is 0 Å². The van der Waals surface area contributed by atoms with Crippen molar-refractivity contribution in [2.45, 2.75) is 6.10 Å². The Morgan fingerprint density at radius 3 is 2.50 bits per heavy atom. The molecule has 1 rings (SSSR count). The fraction of sp³-hybridized carbons (Fsp3) is 0.333. The summed E-state index contributed by atoms with van der Waals surface area (Å²) in [5, 5.41) is 13.1. The van der Waals surface area contributed by atoms with E-state index in [1.165, 1.54) is 0 Å². The topological polar surface area (TPSA) is 70.3 Å². The smallest absolute Gasteiger partial charge is 0.0850 e. The summed E-state index contributed by atoms with van der Waals surface area (Å²) >= 11 is 5.72. The monoisotopic (exact) mass is 215 g/mol. The summed E-state index contributed by atoms with van der Waals surface area (Å²) in [6.45, 7) is 0.812. The van der Waals surface area contributed by atoms with E-state index in [1.54, 1.807) is 12.1 Å². The molecular weight excluding hydrogens is 202 g/mol. The minimum Gasteiger partial charge on any atom is -0.390 e. The Kier molecular flexibility index (Phi) is 4.69. The van der Waals surface area contributed by atoms with Gasteiger partial charge in [0.2, 0.25) is 0 Å². The van der Waals surface area contributed by atoms with Gasteiger partial charge in [-0.2, -0.15) is 0 Å². The van der Waals surface area contributed by atoms with Crippen molar-refractivity contribution < 1.29 is 5.11 Å². The highest BCUT2D eigenvalue weighted by atomic mass is 35.5. The number of anilines is 1. The second-order valence-electron chi connectivity index (χ2n) is 2.95. The van der Waals surface area contributed by atoms with Crippen LogP contribution < -0.4 is 16.6 Å². The molecule has 1 aromatic carbocycles. The highest BCUT2D eigenvalue weighted by Gasteiger charge is 2.01. The van der Waals surface area contributed by atoms with E-state index in [9.17, 15) is 5.11 Å². The van der Waals surface area contributed by atoms with E-state index in [0.29, 0.717) is 18.1 Å². The summed E-state index contributed by atoms with van der Waals surface area (Å²) in [7, 11) is 0. The Balaban J connectivity index is 2.34. The Labute approximate surface area is 88.0 Å². The molecule has 0 unspecified atom stereocenters. The molecule has 0 bridgehead atoms. The maximum atomic E-state index is 9.33. The first kappa shape index (κ1) is 11.3. The summed E-state index contributed by atoms with van der Waals surface area (Å²) in [6.07, 6.45) is -0.504. The molecule has 14 heavy (non-hydrogen) atoms.